The standard InChI is InChI=1S/C11H22N2O3/c1-7(2)12-6-8(14)13-9(10(15)16)11(3,4)5/h7,9,12H,6H2,1-5H3,(H,13,14)(H,15,16). The molecule has 0 aromatic heterocycles. The molecule has 0 saturated carbocycles. The molecule has 0 aromatic carbocycles. The van der Waals surface area contributed by atoms with Crippen LogP contribution in [0.5, 0.6) is 0 Å². The summed E-state index contributed by atoms with van der Waals surface area (Å²) in [6, 6.07) is -0.669. The molecular formula is C11H22N2O3. The maximum absolute atomic E-state index is 11.5. The largest absolute Gasteiger partial charge is 0.480 e. The number of carboxylic acids is 1. The number of hydrogen-bond acceptors (Lipinski definition) is 3. The van der Waals surface area contributed by atoms with Gasteiger partial charge in [0.25, 0.3) is 0 Å². The van der Waals surface area contributed by atoms with Crippen molar-refractivity contribution in [3.8, 4) is 0 Å². The van der Waals surface area contributed by atoms with E-state index in [0.717, 1.165) is 0 Å². The summed E-state index contributed by atoms with van der Waals surface area (Å²) in [7, 11) is 0. The molecule has 1 amide bonds. The monoisotopic (exact) mass is 230 g/mol. The molecule has 0 rings (SSSR count). The minimum Gasteiger partial charge on any atom is -0.480 e. The first-order valence-corrected chi connectivity index (χ1v) is 5.40. The first-order valence-electron chi connectivity index (χ1n) is 5.40. The summed E-state index contributed by atoms with van der Waals surface area (Å²) < 4.78 is 0. The van der Waals surface area contributed by atoms with Gasteiger partial charge in [0, 0.05) is 6.04 Å². The molecule has 0 saturated heterocycles. The Labute approximate surface area is 96.6 Å². The molecule has 5 nitrogen and oxygen atoms in total. The number of nitrogens with one attached hydrogen (secondary N) is 2. The quantitative estimate of drug-likeness (QED) is 0.646. The lowest BCUT2D eigenvalue weighted by Gasteiger charge is -2.27. The van der Waals surface area contributed by atoms with Crippen molar-refractivity contribution >= 4 is 11.9 Å². The second kappa shape index (κ2) is 5.84. The van der Waals surface area contributed by atoms with E-state index in [-0.39, 0.29) is 18.5 Å². The predicted molar refractivity (Wildman–Crippen MR) is 62.2 cm³/mol. The fourth-order valence-corrected chi connectivity index (χ4v) is 1.16. The molecule has 94 valence electrons. The van der Waals surface area contributed by atoms with Gasteiger partial charge in [-0.2, -0.15) is 0 Å². The maximum atomic E-state index is 11.5. The molecule has 0 aliphatic rings. The van der Waals surface area contributed by atoms with E-state index >= 15 is 0 Å². The van der Waals surface area contributed by atoms with E-state index < -0.39 is 17.4 Å². The Hall–Kier alpha value is -1.10. The Morgan fingerprint density at radius 2 is 1.75 bits per heavy atom. The fourth-order valence-electron chi connectivity index (χ4n) is 1.16. The van der Waals surface area contributed by atoms with Crippen molar-refractivity contribution in [2.75, 3.05) is 6.54 Å². The molecular weight excluding hydrogens is 208 g/mol. The summed E-state index contributed by atoms with van der Waals surface area (Å²) in [5.74, 6) is -1.30. The van der Waals surface area contributed by atoms with E-state index in [1.807, 2.05) is 13.8 Å². The molecule has 0 radical (unpaired) electrons. The van der Waals surface area contributed by atoms with Crippen LogP contribution in [0.4, 0.5) is 0 Å². The van der Waals surface area contributed by atoms with Crippen molar-refractivity contribution in [2.45, 2.75) is 46.7 Å². The van der Waals surface area contributed by atoms with Gasteiger partial charge in [-0.3, -0.25) is 4.79 Å². The third-order valence-corrected chi connectivity index (χ3v) is 2.09. The van der Waals surface area contributed by atoms with Gasteiger partial charge in [0.2, 0.25) is 5.91 Å². The maximum Gasteiger partial charge on any atom is 0.326 e. The SMILES string of the molecule is CC(C)NCC(=O)NC(C(=O)O)C(C)(C)C. The highest BCUT2D eigenvalue weighted by atomic mass is 16.4. The second-order valence-corrected chi connectivity index (χ2v) is 5.24. The summed E-state index contributed by atoms with van der Waals surface area (Å²) in [5, 5.41) is 14.4. The summed E-state index contributed by atoms with van der Waals surface area (Å²) in [6.45, 7) is 9.32. The van der Waals surface area contributed by atoms with Crippen LogP contribution in [0.1, 0.15) is 34.6 Å². The highest BCUT2D eigenvalue weighted by Gasteiger charge is 2.32. The van der Waals surface area contributed by atoms with Crippen molar-refractivity contribution < 1.29 is 14.7 Å². The van der Waals surface area contributed by atoms with Gasteiger partial charge in [0.15, 0.2) is 0 Å². The zero-order chi connectivity index (χ0) is 12.9. The third-order valence-electron chi connectivity index (χ3n) is 2.09. The van der Waals surface area contributed by atoms with Gasteiger partial charge >= 0.3 is 5.97 Å². The second-order valence-electron chi connectivity index (χ2n) is 5.24. The molecule has 0 aliphatic heterocycles. The van der Waals surface area contributed by atoms with Gasteiger partial charge in [-0.1, -0.05) is 34.6 Å². The van der Waals surface area contributed by atoms with E-state index in [4.69, 9.17) is 5.11 Å². The highest BCUT2D eigenvalue weighted by molar-refractivity contribution is 5.85. The number of hydrogen-bond donors (Lipinski definition) is 3. The molecule has 0 bridgehead atoms. The summed E-state index contributed by atoms with van der Waals surface area (Å²) in [5.41, 5.74) is -0.501. The average Bonchev–Trinajstić information content (AvgIpc) is 2.08. The topological polar surface area (TPSA) is 78.4 Å². The van der Waals surface area contributed by atoms with Crippen LogP contribution in [-0.4, -0.2) is 35.6 Å². The number of aliphatic carboxylic acids is 1. The van der Waals surface area contributed by atoms with Crippen LogP contribution >= 0.6 is 0 Å². The number of carbonyl (C=O) groups is 2. The lowest BCUT2D eigenvalue weighted by atomic mass is 9.87. The first kappa shape index (κ1) is 14.9. The van der Waals surface area contributed by atoms with Gasteiger partial charge in [0.1, 0.15) is 6.04 Å². The van der Waals surface area contributed by atoms with Gasteiger partial charge in [-0.05, 0) is 5.41 Å². The van der Waals surface area contributed by atoms with Crippen LogP contribution in [0.15, 0.2) is 0 Å². The lowest BCUT2D eigenvalue weighted by Crippen LogP contribution is -2.51. The van der Waals surface area contributed by atoms with Crippen molar-refractivity contribution in [3.63, 3.8) is 0 Å². The van der Waals surface area contributed by atoms with Crippen molar-refractivity contribution in [3.05, 3.63) is 0 Å². The number of carbonyl (C=O) groups excluding carboxylic acids is 1. The van der Waals surface area contributed by atoms with Crippen molar-refractivity contribution in [2.24, 2.45) is 5.41 Å². The van der Waals surface area contributed by atoms with Gasteiger partial charge in [-0.15, -0.1) is 0 Å². The fraction of sp³-hybridized carbons (Fsp3) is 0.818. The highest BCUT2D eigenvalue weighted by Crippen LogP contribution is 2.19. The van der Waals surface area contributed by atoms with Crippen LogP contribution < -0.4 is 10.6 Å². The Morgan fingerprint density at radius 3 is 2.06 bits per heavy atom. The van der Waals surface area contributed by atoms with E-state index in [1.54, 1.807) is 20.8 Å². The minimum atomic E-state index is -1.01. The number of rotatable bonds is 5. The van der Waals surface area contributed by atoms with Gasteiger partial charge in [-0.25, -0.2) is 4.79 Å². The van der Waals surface area contributed by atoms with Crippen LogP contribution in [0.3, 0.4) is 0 Å². The van der Waals surface area contributed by atoms with Crippen LogP contribution in [0.2, 0.25) is 0 Å². The Balaban J connectivity index is 4.32. The van der Waals surface area contributed by atoms with E-state index in [9.17, 15) is 9.59 Å². The zero-order valence-electron chi connectivity index (χ0n) is 10.6. The van der Waals surface area contributed by atoms with E-state index in [2.05, 4.69) is 10.6 Å². The molecule has 0 heterocycles. The predicted octanol–water partition coefficient (Wildman–Crippen LogP) is 0.600. The first-order chi connectivity index (χ1) is 7.14. The molecule has 3 N–H and O–H groups in total. The van der Waals surface area contributed by atoms with E-state index in [1.165, 1.54) is 0 Å². The zero-order valence-corrected chi connectivity index (χ0v) is 10.6. The van der Waals surface area contributed by atoms with Crippen LogP contribution in [0.25, 0.3) is 0 Å². The van der Waals surface area contributed by atoms with Gasteiger partial charge in [0.05, 0.1) is 6.54 Å². The Morgan fingerprint density at radius 1 is 1.25 bits per heavy atom. The average molecular weight is 230 g/mol. The summed E-state index contributed by atoms with van der Waals surface area (Å²) in [6.07, 6.45) is 0. The van der Waals surface area contributed by atoms with Crippen molar-refractivity contribution in [1.82, 2.24) is 10.6 Å². The normalized spacial score (nSPS) is 13.6. The summed E-state index contributed by atoms with van der Waals surface area (Å²) in [4.78, 5) is 22.5. The third kappa shape index (κ3) is 5.70. The Kier molecular flexibility index (Phi) is 5.44. The van der Waals surface area contributed by atoms with Crippen LogP contribution in [0, 0.1) is 5.41 Å². The van der Waals surface area contributed by atoms with Crippen molar-refractivity contribution in [1.29, 1.82) is 0 Å². The molecule has 5 heteroatoms. The Bertz CT molecular complexity index is 256. The smallest absolute Gasteiger partial charge is 0.326 e. The molecule has 1 unspecified atom stereocenters. The molecule has 1 atom stereocenters. The molecule has 0 aliphatic carbocycles. The lowest BCUT2D eigenvalue weighted by molar-refractivity contribution is -0.144. The van der Waals surface area contributed by atoms with E-state index in [0.29, 0.717) is 0 Å². The van der Waals surface area contributed by atoms with Crippen LogP contribution in [-0.2, 0) is 9.59 Å². The molecule has 0 spiro atoms. The minimum absolute atomic E-state index is 0.136. The molecule has 16 heavy (non-hydrogen) atoms. The molecule has 0 aromatic rings. The summed E-state index contributed by atoms with van der Waals surface area (Å²) >= 11 is 0. The number of carboxylic acid groups (broad SMARTS) is 1. The van der Waals surface area contributed by atoms with Gasteiger partial charge < -0.3 is 15.7 Å². The number of amides is 1. The molecule has 0 fully saturated rings.